The number of piperidine rings is 1. The lowest BCUT2D eigenvalue weighted by atomic mass is 9.81. The molecule has 2 aliphatic rings. The zero-order valence-electron chi connectivity index (χ0n) is 12.2. The lowest BCUT2D eigenvalue weighted by Crippen LogP contribution is -2.48. The van der Waals surface area contributed by atoms with Gasteiger partial charge in [-0.25, -0.2) is 0 Å². The van der Waals surface area contributed by atoms with Gasteiger partial charge in [-0.3, -0.25) is 0 Å². The maximum Gasteiger partial charge on any atom is 0.0702 e. The van der Waals surface area contributed by atoms with E-state index in [1.54, 1.807) is 0 Å². The zero-order valence-corrected chi connectivity index (χ0v) is 13.8. The van der Waals surface area contributed by atoms with E-state index >= 15 is 0 Å². The fourth-order valence-electron chi connectivity index (χ4n) is 3.19. The third-order valence-electron chi connectivity index (χ3n) is 4.42. The summed E-state index contributed by atoms with van der Waals surface area (Å²) in [5.41, 5.74) is 0.422. The Labute approximate surface area is 126 Å². The molecule has 0 radical (unpaired) electrons. The minimum absolute atomic E-state index is 0.422. The van der Waals surface area contributed by atoms with Crippen molar-refractivity contribution in [1.29, 1.82) is 0 Å². The van der Waals surface area contributed by atoms with Crippen LogP contribution in [0.1, 0.15) is 39.0 Å². The molecule has 2 fully saturated rings. The van der Waals surface area contributed by atoms with E-state index in [0.29, 0.717) is 11.5 Å². The van der Waals surface area contributed by atoms with E-state index in [1.807, 2.05) is 0 Å². The standard InChI is InChI=1S/C15H28BrNO2/c1-2-8-19-14-4-3-7-17(11-14)13-15(12-16)5-9-18-10-6-15/h14H,2-13H2,1H3. The minimum Gasteiger partial charge on any atom is -0.381 e. The minimum atomic E-state index is 0.422. The highest BCUT2D eigenvalue weighted by Crippen LogP contribution is 2.34. The monoisotopic (exact) mass is 333 g/mol. The molecule has 0 aromatic carbocycles. The van der Waals surface area contributed by atoms with Crippen LogP contribution in [0.5, 0.6) is 0 Å². The van der Waals surface area contributed by atoms with E-state index in [1.165, 1.54) is 38.8 Å². The molecule has 0 saturated carbocycles. The largest absolute Gasteiger partial charge is 0.381 e. The van der Waals surface area contributed by atoms with Gasteiger partial charge in [-0.05, 0) is 44.1 Å². The molecule has 4 heteroatoms. The molecule has 0 aromatic rings. The van der Waals surface area contributed by atoms with E-state index in [4.69, 9.17) is 9.47 Å². The van der Waals surface area contributed by atoms with Gasteiger partial charge in [0.05, 0.1) is 6.10 Å². The zero-order chi connectivity index (χ0) is 13.6. The van der Waals surface area contributed by atoms with Crippen LogP contribution in [-0.4, -0.2) is 55.8 Å². The van der Waals surface area contributed by atoms with Gasteiger partial charge < -0.3 is 14.4 Å². The summed E-state index contributed by atoms with van der Waals surface area (Å²) in [4.78, 5) is 2.62. The molecular formula is C15H28BrNO2. The molecule has 0 N–H and O–H groups in total. The maximum atomic E-state index is 5.94. The van der Waals surface area contributed by atoms with Crippen molar-refractivity contribution in [3.63, 3.8) is 0 Å². The Hall–Kier alpha value is 0.360. The summed E-state index contributed by atoms with van der Waals surface area (Å²) in [7, 11) is 0. The van der Waals surface area contributed by atoms with Gasteiger partial charge in [-0.15, -0.1) is 0 Å². The second-order valence-corrected chi connectivity index (χ2v) is 6.68. The summed E-state index contributed by atoms with van der Waals surface area (Å²) in [6, 6.07) is 0. The highest BCUT2D eigenvalue weighted by Gasteiger charge is 2.34. The molecule has 2 saturated heterocycles. The Morgan fingerprint density at radius 3 is 2.84 bits per heavy atom. The number of nitrogens with zero attached hydrogens (tertiary/aromatic N) is 1. The molecule has 0 aliphatic carbocycles. The van der Waals surface area contributed by atoms with E-state index in [2.05, 4.69) is 27.8 Å². The van der Waals surface area contributed by atoms with Crippen LogP contribution < -0.4 is 0 Å². The first-order valence-corrected chi connectivity index (χ1v) is 8.88. The maximum absolute atomic E-state index is 5.94. The topological polar surface area (TPSA) is 21.7 Å². The fraction of sp³-hybridized carbons (Fsp3) is 1.00. The smallest absolute Gasteiger partial charge is 0.0702 e. The molecule has 1 atom stereocenters. The summed E-state index contributed by atoms with van der Waals surface area (Å²) in [6.45, 7) is 8.51. The summed E-state index contributed by atoms with van der Waals surface area (Å²) in [6.07, 6.45) is 6.48. The molecule has 112 valence electrons. The van der Waals surface area contributed by atoms with Crippen LogP contribution in [0.4, 0.5) is 0 Å². The van der Waals surface area contributed by atoms with Crippen LogP contribution >= 0.6 is 15.9 Å². The Bertz CT molecular complexity index is 257. The average Bonchev–Trinajstić information content (AvgIpc) is 2.46. The van der Waals surface area contributed by atoms with Crippen molar-refractivity contribution in [2.45, 2.75) is 45.1 Å². The van der Waals surface area contributed by atoms with E-state index in [0.717, 1.165) is 38.1 Å². The second-order valence-electron chi connectivity index (χ2n) is 6.12. The van der Waals surface area contributed by atoms with Crippen molar-refractivity contribution in [3.8, 4) is 0 Å². The number of alkyl halides is 1. The average molecular weight is 334 g/mol. The molecule has 2 rings (SSSR count). The molecule has 0 aromatic heterocycles. The Balaban J connectivity index is 1.83. The highest BCUT2D eigenvalue weighted by molar-refractivity contribution is 9.09. The summed E-state index contributed by atoms with van der Waals surface area (Å²) in [5, 5.41) is 1.10. The predicted molar refractivity (Wildman–Crippen MR) is 82.0 cm³/mol. The van der Waals surface area contributed by atoms with Crippen LogP contribution in [-0.2, 0) is 9.47 Å². The summed E-state index contributed by atoms with van der Waals surface area (Å²) < 4.78 is 11.5. The Morgan fingerprint density at radius 2 is 2.16 bits per heavy atom. The first kappa shape index (κ1) is 15.7. The molecular weight excluding hydrogens is 306 g/mol. The number of halogens is 1. The van der Waals surface area contributed by atoms with E-state index < -0.39 is 0 Å². The molecule has 0 amide bonds. The number of likely N-dealkylation sites (tertiary alicyclic amines) is 1. The highest BCUT2D eigenvalue weighted by atomic mass is 79.9. The molecule has 0 spiro atoms. The van der Waals surface area contributed by atoms with Crippen LogP contribution in [0.15, 0.2) is 0 Å². The van der Waals surface area contributed by atoms with Crippen molar-refractivity contribution in [3.05, 3.63) is 0 Å². The van der Waals surface area contributed by atoms with Gasteiger partial charge in [0.15, 0.2) is 0 Å². The fourth-order valence-corrected chi connectivity index (χ4v) is 3.93. The number of rotatable bonds is 6. The molecule has 2 aliphatic heterocycles. The Kier molecular flexibility index (Phi) is 6.60. The number of ether oxygens (including phenoxy) is 2. The molecule has 2 heterocycles. The van der Waals surface area contributed by atoms with Gasteiger partial charge in [0, 0.05) is 38.2 Å². The summed E-state index contributed by atoms with van der Waals surface area (Å²) in [5.74, 6) is 0. The van der Waals surface area contributed by atoms with Crippen molar-refractivity contribution in [2.24, 2.45) is 5.41 Å². The number of hydrogen-bond donors (Lipinski definition) is 0. The van der Waals surface area contributed by atoms with Crippen molar-refractivity contribution < 1.29 is 9.47 Å². The quantitative estimate of drug-likeness (QED) is 0.697. The van der Waals surface area contributed by atoms with Crippen LogP contribution in [0.25, 0.3) is 0 Å². The van der Waals surface area contributed by atoms with Crippen molar-refractivity contribution >= 4 is 15.9 Å². The first-order chi connectivity index (χ1) is 9.28. The van der Waals surface area contributed by atoms with Gasteiger partial charge in [0.1, 0.15) is 0 Å². The van der Waals surface area contributed by atoms with Gasteiger partial charge in [0.25, 0.3) is 0 Å². The lowest BCUT2D eigenvalue weighted by Gasteiger charge is -2.42. The third-order valence-corrected chi connectivity index (χ3v) is 5.61. The summed E-state index contributed by atoms with van der Waals surface area (Å²) >= 11 is 3.74. The van der Waals surface area contributed by atoms with Gasteiger partial charge >= 0.3 is 0 Å². The molecule has 1 unspecified atom stereocenters. The number of hydrogen-bond acceptors (Lipinski definition) is 3. The van der Waals surface area contributed by atoms with Crippen molar-refractivity contribution in [2.75, 3.05) is 44.8 Å². The van der Waals surface area contributed by atoms with Gasteiger partial charge in [-0.2, -0.15) is 0 Å². The predicted octanol–water partition coefficient (Wildman–Crippen LogP) is 3.07. The van der Waals surface area contributed by atoms with Crippen LogP contribution in [0.2, 0.25) is 0 Å². The second kappa shape index (κ2) is 7.96. The van der Waals surface area contributed by atoms with E-state index in [9.17, 15) is 0 Å². The van der Waals surface area contributed by atoms with Crippen LogP contribution in [0, 0.1) is 5.41 Å². The van der Waals surface area contributed by atoms with Gasteiger partial charge in [-0.1, -0.05) is 22.9 Å². The SMILES string of the molecule is CCCOC1CCCN(CC2(CBr)CCOCC2)C1. The third kappa shape index (κ3) is 4.69. The Morgan fingerprint density at radius 1 is 1.37 bits per heavy atom. The molecule has 19 heavy (non-hydrogen) atoms. The molecule has 3 nitrogen and oxygen atoms in total. The van der Waals surface area contributed by atoms with E-state index in [-0.39, 0.29) is 0 Å². The van der Waals surface area contributed by atoms with Gasteiger partial charge in [0.2, 0.25) is 0 Å². The molecule has 0 bridgehead atoms. The van der Waals surface area contributed by atoms with Crippen molar-refractivity contribution in [1.82, 2.24) is 4.90 Å². The lowest BCUT2D eigenvalue weighted by molar-refractivity contribution is -0.0304. The first-order valence-electron chi connectivity index (χ1n) is 7.76. The normalized spacial score (nSPS) is 28.4. The van der Waals surface area contributed by atoms with Crippen LogP contribution in [0.3, 0.4) is 0 Å².